The zero-order valence-corrected chi connectivity index (χ0v) is 20.9. The molecule has 0 spiro atoms. The van der Waals surface area contributed by atoms with Crippen molar-refractivity contribution in [2.75, 3.05) is 0 Å². The zero-order valence-electron chi connectivity index (χ0n) is 17.9. The summed E-state index contributed by atoms with van der Waals surface area (Å²) in [6, 6.07) is 0. The summed E-state index contributed by atoms with van der Waals surface area (Å²) in [6.45, 7) is 17.4. The van der Waals surface area contributed by atoms with Crippen molar-refractivity contribution >= 4 is 42.9 Å². The van der Waals surface area contributed by atoms with Crippen LogP contribution in [0.15, 0.2) is 0 Å². The standard InChI is InChI=1S/C17H36O6Si3/c1-24(2,3)21-15(18)12-10-14(17(20)23-26(7,8)9)11-13-16(19)22-25(4,5)6/h14H,10-13H2,1-9H3. The molecule has 0 saturated heterocycles. The maximum absolute atomic E-state index is 12.5. The zero-order chi connectivity index (χ0) is 20.8. The second kappa shape index (κ2) is 9.84. The highest BCUT2D eigenvalue weighted by Gasteiger charge is 2.29. The molecule has 9 heteroatoms. The second-order valence-corrected chi connectivity index (χ2v) is 22.8. The highest BCUT2D eigenvalue weighted by atomic mass is 28.4. The molecule has 26 heavy (non-hydrogen) atoms. The van der Waals surface area contributed by atoms with Crippen molar-refractivity contribution in [3.63, 3.8) is 0 Å². The maximum atomic E-state index is 12.5. The Balaban J connectivity index is 4.83. The van der Waals surface area contributed by atoms with Crippen LogP contribution in [0.2, 0.25) is 58.9 Å². The Labute approximate surface area is 161 Å². The molecule has 0 N–H and O–H groups in total. The summed E-state index contributed by atoms with van der Waals surface area (Å²) in [7, 11) is -5.94. The van der Waals surface area contributed by atoms with Crippen LogP contribution in [-0.2, 0) is 27.7 Å². The largest absolute Gasteiger partial charge is 0.520 e. The van der Waals surface area contributed by atoms with Gasteiger partial charge in [-0.05, 0) is 71.8 Å². The van der Waals surface area contributed by atoms with Gasteiger partial charge in [-0.25, -0.2) is 0 Å². The van der Waals surface area contributed by atoms with Crippen LogP contribution in [0.3, 0.4) is 0 Å². The first kappa shape index (κ1) is 25.1. The van der Waals surface area contributed by atoms with E-state index in [1.807, 2.05) is 58.9 Å². The summed E-state index contributed by atoms with van der Waals surface area (Å²) in [5, 5.41) is 0. The van der Waals surface area contributed by atoms with Gasteiger partial charge in [0.05, 0.1) is 5.92 Å². The number of hydrogen-bond acceptors (Lipinski definition) is 6. The van der Waals surface area contributed by atoms with Crippen molar-refractivity contribution < 1.29 is 27.7 Å². The van der Waals surface area contributed by atoms with Crippen molar-refractivity contribution in [2.45, 2.75) is 84.6 Å². The smallest absolute Gasteiger partial charge is 0.295 e. The van der Waals surface area contributed by atoms with Crippen molar-refractivity contribution in [3.8, 4) is 0 Å². The van der Waals surface area contributed by atoms with Crippen molar-refractivity contribution in [3.05, 3.63) is 0 Å². The lowest BCUT2D eigenvalue weighted by Gasteiger charge is -2.24. The molecule has 6 nitrogen and oxygen atoms in total. The Bertz CT molecular complexity index is 468. The minimum absolute atomic E-state index is 0.152. The van der Waals surface area contributed by atoms with Crippen LogP contribution in [0.4, 0.5) is 0 Å². The van der Waals surface area contributed by atoms with Gasteiger partial charge in [0.1, 0.15) is 0 Å². The first-order chi connectivity index (χ1) is 11.5. The quantitative estimate of drug-likeness (QED) is 0.490. The lowest BCUT2D eigenvalue weighted by Crippen LogP contribution is -2.34. The summed E-state index contributed by atoms with van der Waals surface area (Å²) in [4.78, 5) is 36.4. The Morgan fingerprint density at radius 1 is 0.615 bits per heavy atom. The molecule has 0 unspecified atom stereocenters. The fourth-order valence-corrected chi connectivity index (χ4v) is 4.47. The van der Waals surface area contributed by atoms with Gasteiger partial charge in [-0.2, -0.15) is 0 Å². The third-order valence-electron chi connectivity index (χ3n) is 2.97. The molecule has 152 valence electrons. The molecule has 0 aliphatic heterocycles. The molecule has 0 saturated carbocycles. The molecular formula is C17H36O6Si3. The fourth-order valence-electron chi connectivity index (χ4n) is 2.13. The van der Waals surface area contributed by atoms with E-state index in [4.69, 9.17) is 13.3 Å². The predicted molar refractivity (Wildman–Crippen MR) is 110 cm³/mol. The Morgan fingerprint density at radius 2 is 0.923 bits per heavy atom. The summed E-state index contributed by atoms with van der Waals surface area (Å²) in [5.74, 6) is -1.41. The molecule has 0 radical (unpaired) electrons. The van der Waals surface area contributed by atoms with Crippen LogP contribution >= 0.6 is 0 Å². The molecule has 0 aromatic carbocycles. The van der Waals surface area contributed by atoms with Crippen LogP contribution in [0.5, 0.6) is 0 Å². The topological polar surface area (TPSA) is 78.9 Å². The second-order valence-electron chi connectivity index (χ2n) is 9.48. The van der Waals surface area contributed by atoms with E-state index < -0.39 is 30.9 Å². The lowest BCUT2D eigenvalue weighted by molar-refractivity contribution is -0.141. The molecule has 0 heterocycles. The van der Waals surface area contributed by atoms with Gasteiger partial charge in [0.25, 0.3) is 17.9 Å². The number of rotatable bonds is 10. The van der Waals surface area contributed by atoms with Gasteiger partial charge >= 0.3 is 0 Å². The average Bonchev–Trinajstić information content (AvgIpc) is 2.31. The normalized spacial score (nSPS) is 12.7. The van der Waals surface area contributed by atoms with Crippen LogP contribution < -0.4 is 0 Å². The average molecular weight is 421 g/mol. The lowest BCUT2D eigenvalue weighted by atomic mass is 9.98. The summed E-state index contributed by atoms with van der Waals surface area (Å²) < 4.78 is 16.4. The number of hydrogen-bond donors (Lipinski definition) is 0. The van der Waals surface area contributed by atoms with E-state index >= 15 is 0 Å². The van der Waals surface area contributed by atoms with Crippen molar-refractivity contribution in [2.24, 2.45) is 5.92 Å². The first-order valence-electron chi connectivity index (χ1n) is 9.15. The van der Waals surface area contributed by atoms with E-state index in [0.717, 1.165) is 0 Å². The minimum atomic E-state index is -2.04. The van der Waals surface area contributed by atoms with Crippen LogP contribution in [0, 0.1) is 5.92 Å². The van der Waals surface area contributed by atoms with Crippen LogP contribution in [0.25, 0.3) is 0 Å². The fraction of sp³-hybridized carbons (Fsp3) is 0.824. The molecule has 0 aliphatic carbocycles. The SMILES string of the molecule is C[Si](C)(C)OC(=O)CCC(CCC(=O)O[Si](C)(C)C)C(=O)O[Si](C)(C)C. The molecule has 0 rings (SSSR count). The molecule has 0 fully saturated rings. The predicted octanol–water partition coefficient (Wildman–Crippen LogP) is 4.30. The third-order valence-corrected chi connectivity index (χ3v) is 5.47. The summed E-state index contributed by atoms with van der Waals surface area (Å²) >= 11 is 0. The van der Waals surface area contributed by atoms with E-state index in [2.05, 4.69) is 0 Å². The van der Waals surface area contributed by atoms with Crippen molar-refractivity contribution in [1.82, 2.24) is 0 Å². The summed E-state index contributed by atoms with van der Waals surface area (Å²) in [5.41, 5.74) is 0. The van der Waals surface area contributed by atoms with E-state index in [-0.39, 0.29) is 30.7 Å². The van der Waals surface area contributed by atoms with Gasteiger partial charge in [-0.15, -0.1) is 0 Å². The van der Waals surface area contributed by atoms with Gasteiger partial charge in [-0.1, -0.05) is 0 Å². The maximum Gasteiger partial charge on any atom is 0.295 e. The summed E-state index contributed by atoms with van der Waals surface area (Å²) in [6.07, 6.45) is 0.956. The van der Waals surface area contributed by atoms with E-state index in [1.54, 1.807) is 0 Å². The van der Waals surface area contributed by atoms with E-state index in [0.29, 0.717) is 12.8 Å². The molecule has 0 atom stereocenters. The third kappa shape index (κ3) is 14.3. The Hall–Kier alpha value is -0.939. The van der Waals surface area contributed by atoms with Crippen LogP contribution in [0.1, 0.15) is 25.7 Å². The minimum Gasteiger partial charge on any atom is -0.520 e. The monoisotopic (exact) mass is 420 g/mol. The molecule has 0 amide bonds. The van der Waals surface area contributed by atoms with Gasteiger partial charge < -0.3 is 13.3 Å². The molecule has 0 aromatic heterocycles. The highest BCUT2D eigenvalue weighted by molar-refractivity contribution is 6.72. The Morgan fingerprint density at radius 3 is 1.19 bits per heavy atom. The van der Waals surface area contributed by atoms with Gasteiger partial charge in [0, 0.05) is 12.8 Å². The van der Waals surface area contributed by atoms with Crippen molar-refractivity contribution in [1.29, 1.82) is 0 Å². The Kier molecular flexibility index (Phi) is 9.48. The van der Waals surface area contributed by atoms with E-state index in [9.17, 15) is 14.4 Å². The number of carbonyl (C=O) groups is 3. The van der Waals surface area contributed by atoms with Gasteiger partial charge in [0.15, 0.2) is 0 Å². The van der Waals surface area contributed by atoms with Crippen LogP contribution in [-0.4, -0.2) is 42.9 Å². The highest BCUT2D eigenvalue weighted by Crippen LogP contribution is 2.20. The number of carbonyl (C=O) groups excluding carboxylic acids is 3. The van der Waals surface area contributed by atoms with E-state index in [1.165, 1.54) is 0 Å². The molecular weight excluding hydrogens is 384 g/mol. The van der Waals surface area contributed by atoms with Gasteiger partial charge in [0.2, 0.25) is 25.0 Å². The first-order valence-corrected chi connectivity index (χ1v) is 19.4. The van der Waals surface area contributed by atoms with Gasteiger partial charge in [-0.3, -0.25) is 14.4 Å². The molecule has 0 aliphatic rings. The molecule has 0 bridgehead atoms. The molecule has 0 aromatic rings.